The molecule has 0 atom stereocenters. The molecule has 0 aliphatic carbocycles. The summed E-state index contributed by atoms with van der Waals surface area (Å²) in [4.78, 5) is 4.11. The molecule has 2 aromatic carbocycles. The van der Waals surface area contributed by atoms with Gasteiger partial charge in [-0.05, 0) is 54.4 Å². The highest BCUT2D eigenvalue weighted by Crippen LogP contribution is 2.17. The highest BCUT2D eigenvalue weighted by atomic mass is 32.1. The van der Waals surface area contributed by atoms with E-state index in [1.165, 1.54) is 11.7 Å². The van der Waals surface area contributed by atoms with Crippen LogP contribution < -0.4 is 10.5 Å². The summed E-state index contributed by atoms with van der Waals surface area (Å²) in [7, 11) is 0. The Morgan fingerprint density at radius 2 is 1.96 bits per heavy atom. The van der Waals surface area contributed by atoms with E-state index in [0.717, 1.165) is 33.6 Å². The van der Waals surface area contributed by atoms with Crippen molar-refractivity contribution in [3.05, 3.63) is 65.5 Å². The molecule has 0 fully saturated rings. The fraction of sp³-hybridized carbons (Fsp3) is 0.111. The van der Waals surface area contributed by atoms with E-state index >= 15 is 0 Å². The summed E-state index contributed by atoms with van der Waals surface area (Å²) < 4.78 is 15.8. The molecular weight excluding hydrogens is 348 g/mol. The second-order valence-electron chi connectivity index (χ2n) is 5.77. The van der Waals surface area contributed by atoms with Gasteiger partial charge in [0, 0.05) is 0 Å². The molecule has 0 saturated heterocycles. The van der Waals surface area contributed by atoms with Crippen molar-refractivity contribution < 1.29 is 4.74 Å². The van der Waals surface area contributed by atoms with Crippen LogP contribution in [0.2, 0.25) is 0 Å². The van der Waals surface area contributed by atoms with E-state index in [4.69, 9.17) is 10.5 Å². The third kappa shape index (κ3) is 3.55. The van der Waals surface area contributed by atoms with Gasteiger partial charge in [-0.25, -0.2) is 9.66 Å². The molecule has 8 heteroatoms. The SMILES string of the molecule is Cc1cn(N=Cc2ccc(OCc3ccc4nsnc4c3)cc2)c(N)n1. The van der Waals surface area contributed by atoms with Gasteiger partial charge in [0.2, 0.25) is 5.95 Å². The summed E-state index contributed by atoms with van der Waals surface area (Å²) in [5, 5.41) is 4.30. The Morgan fingerprint density at radius 1 is 1.15 bits per heavy atom. The number of ether oxygens (including phenoxy) is 1. The van der Waals surface area contributed by atoms with E-state index in [-0.39, 0.29) is 0 Å². The lowest BCUT2D eigenvalue weighted by Gasteiger charge is -2.06. The highest BCUT2D eigenvalue weighted by molar-refractivity contribution is 7.00. The van der Waals surface area contributed by atoms with Gasteiger partial charge in [-0.15, -0.1) is 0 Å². The molecular formula is C18H16N6OS. The van der Waals surface area contributed by atoms with Crippen LogP contribution in [0, 0.1) is 6.92 Å². The Hall–Kier alpha value is -3.26. The van der Waals surface area contributed by atoms with Crippen LogP contribution in [-0.4, -0.2) is 24.6 Å². The standard InChI is InChI=1S/C18H16N6OS/c1-12-10-24(18(19)21-12)20-9-13-2-5-15(6-3-13)25-11-14-4-7-16-17(8-14)23-26-22-16/h2-10H,11H2,1H3,(H2,19,21). The maximum atomic E-state index is 5.83. The third-order valence-corrected chi connectivity index (χ3v) is 4.33. The number of fused-ring (bicyclic) bond motifs is 1. The van der Waals surface area contributed by atoms with Gasteiger partial charge in [0.15, 0.2) is 0 Å². The number of hydrogen-bond donors (Lipinski definition) is 1. The van der Waals surface area contributed by atoms with Gasteiger partial charge in [0.1, 0.15) is 23.4 Å². The number of nitrogens with zero attached hydrogens (tertiary/aromatic N) is 5. The molecule has 0 spiro atoms. The number of nitrogen functional groups attached to an aromatic ring is 1. The molecule has 0 radical (unpaired) electrons. The number of benzene rings is 2. The van der Waals surface area contributed by atoms with Crippen LogP contribution in [0.25, 0.3) is 11.0 Å². The molecule has 26 heavy (non-hydrogen) atoms. The summed E-state index contributed by atoms with van der Waals surface area (Å²) in [5.74, 6) is 1.16. The molecule has 0 saturated carbocycles. The molecule has 130 valence electrons. The lowest BCUT2D eigenvalue weighted by atomic mass is 10.2. The molecule has 7 nitrogen and oxygen atoms in total. The lowest BCUT2D eigenvalue weighted by molar-refractivity contribution is 0.306. The van der Waals surface area contributed by atoms with Gasteiger partial charge in [0.05, 0.1) is 29.8 Å². The third-order valence-electron chi connectivity index (χ3n) is 3.77. The van der Waals surface area contributed by atoms with E-state index in [1.807, 2.05) is 49.4 Å². The second kappa shape index (κ2) is 6.93. The zero-order valence-corrected chi connectivity index (χ0v) is 14.8. The van der Waals surface area contributed by atoms with Crippen LogP contribution in [0.5, 0.6) is 5.75 Å². The van der Waals surface area contributed by atoms with Gasteiger partial charge >= 0.3 is 0 Å². The minimum atomic E-state index is 0.367. The average Bonchev–Trinajstić information content (AvgIpc) is 3.24. The first-order valence-electron chi connectivity index (χ1n) is 7.97. The van der Waals surface area contributed by atoms with Gasteiger partial charge in [-0.3, -0.25) is 0 Å². The zero-order chi connectivity index (χ0) is 17.9. The van der Waals surface area contributed by atoms with E-state index < -0.39 is 0 Å². The number of aryl methyl sites for hydroxylation is 1. The van der Waals surface area contributed by atoms with Crippen molar-refractivity contribution in [2.75, 3.05) is 5.73 Å². The molecule has 0 unspecified atom stereocenters. The molecule has 2 N–H and O–H groups in total. The number of anilines is 1. The van der Waals surface area contributed by atoms with Crippen molar-refractivity contribution in [2.45, 2.75) is 13.5 Å². The number of hydrogen-bond acceptors (Lipinski definition) is 7. The van der Waals surface area contributed by atoms with Crippen LogP contribution in [0.3, 0.4) is 0 Å². The minimum absolute atomic E-state index is 0.367. The lowest BCUT2D eigenvalue weighted by Crippen LogP contribution is -1.97. The van der Waals surface area contributed by atoms with E-state index in [2.05, 4.69) is 18.8 Å². The predicted molar refractivity (Wildman–Crippen MR) is 103 cm³/mol. The Morgan fingerprint density at radius 3 is 2.73 bits per heavy atom. The quantitative estimate of drug-likeness (QED) is 0.549. The largest absolute Gasteiger partial charge is 0.489 e. The van der Waals surface area contributed by atoms with Crippen LogP contribution in [0.1, 0.15) is 16.8 Å². The van der Waals surface area contributed by atoms with Gasteiger partial charge in [-0.1, -0.05) is 6.07 Å². The average molecular weight is 364 g/mol. The molecule has 0 amide bonds. The number of imidazole rings is 1. The number of aromatic nitrogens is 4. The van der Waals surface area contributed by atoms with Crippen LogP contribution in [-0.2, 0) is 6.61 Å². The molecule has 0 aliphatic heterocycles. The smallest absolute Gasteiger partial charge is 0.221 e. The van der Waals surface area contributed by atoms with Gasteiger partial charge in [-0.2, -0.15) is 13.8 Å². The van der Waals surface area contributed by atoms with Crippen molar-refractivity contribution in [1.82, 2.24) is 18.4 Å². The Bertz CT molecular complexity index is 1070. The summed E-state index contributed by atoms with van der Waals surface area (Å²) in [5.41, 5.74) is 10.4. The van der Waals surface area contributed by atoms with Crippen LogP contribution in [0.15, 0.2) is 53.8 Å². The minimum Gasteiger partial charge on any atom is -0.489 e. The monoisotopic (exact) mass is 364 g/mol. The normalized spacial score (nSPS) is 11.4. The van der Waals surface area contributed by atoms with Crippen molar-refractivity contribution in [3.63, 3.8) is 0 Å². The van der Waals surface area contributed by atoms with E-state index in [9.17, 15) is 0 Å². The second-order valence-corrected chi connectivity index (χ2v) is 6.30. The Kier molecular flexibility index (Phi) is 4.32. The van der Waals surface area contributed by atoms with Crippen molar-refractivity contribution in [2.24, 2.45) is 5.10 Å². The summed E-state index contributed by atoms with van der Waals surface area (Å²) in [6.07, 6.45) is 3.50. The first kappa shape index (κ1) is 16.2. The molecule has 4 aromatic rings. The Balaban J connectivity index is 1.40. The van der Waals surface area contributed by atoms with Crippen molar-refractivity contribution >= 4 is 34.9 Å². The summed E-state index contributed by atoms with van der Waals surface area (Å²) in [6, 6.07) is 13.7. The fourth-order valence-corrected chi connectivity index (χ4v) is 2.98. The van der Waals surface area contributed by atoms with Crippen LogP contribution >= 0.6 is 11.7 Å². The number of nitrogens with two attached hydrogens (primary N) is 1. The maximum absolute atomic E-state index is 5.83. The molecule has 2 heterocycles. The fourth-order valence-electron chi connectivity index (χ4n) is 2.46. The number of rotatable bonds is 5. The highest BCUT2D eigenvalue weighted by Gasteiger charge is 2.02. The van der Waals surface area contributed by atoms with Gasteiger partial charge in [0.25, 0.3) is 0 Å². The first-order valence-corrected chi connectivity index (χ1v) is 8.70. The summed E-state index contributed by atoms with van der Waals surface area (Å²) in [6.45, 7) is 2.35. The van der Waals surface area contributed by atoms with E-state index in [1.54, 1.807) is 17.1 Å². The molecule has 0 bridgehead atoms. The topological polar surface area (TPSA) is 91.2 Å². The van der Waals surface area contributed by atoms with E-state index in [0.29, 0.717) is 12.6 Å². The van der Waals surface area contributed by atoms with Crippen LogP contribution in [0.4, 0.5) is 5.95 Å². The predicted octanol–water partition coefficient (Wildman–Crippen LogP) is 3.24. The molecule has 2 aromatic heterocycles. The van der Waals surface area contributed by atoms with Crippen molar-refractivity contribution in [1.29, 1.82) is 0 Å². The van der Waals surface area contributed by atoms with Crippen molar-refractivity contribution in [3.8, 4) is 5.75 Å². The Labute approximate surface area is 154 Å². The maximum Gasteiger partial charge on any atom is 0.221 e. The molecule has 4 rings (SSSR count). The summed E-state index contributed by atoms with van der Waals surface area (Å²) >= 11 is 1.22. The van der Waals surface area contributed by atoms with Gasteiger partial charge < -0.3 is 10.5 Å². The molecule has 0 aliphatic rings. The zero-order valence-electron chi connectivity index (χ0n) is 14.0. The first-order chi connectivity index (χ1) is 12.7.